The Labute approximate surface area is 680 Å². The number of nitrogens with one attached hydrogen (secondary N) is 5. The number of amides is 6. The first kappa shape index (κ1) is 94.9. The minimum absolute atomic E-state index is 0.00102. The van der Waals surface area contributed by atoms with Gasteiger partial charge in [-0.05, 0) is 135 Å². The number of hydrogen-bond donors (Lipinski definition) is 17. The Morgan fingerprint density at radius 1 is 0.561 bits per heavy atom. The Morgan fingerprint density at radius 2 is 1.04 bits per heavy atom. The number of aliphatic hydroxyl groups is 1. The van der Waals surface area contributed by atoms with Crippen LogP contribution in [0.2, 0.25) is 0 Å². The number of aliphatic hydroxyl groups excluding tert-OH is 1. The van der Waals surface area contributed by atoms with Crippen LogP contribution in [0.25, 0.3) is 20.9 Å². The number of thiophene rings is 1. The largest absolute Gasteiger partial charge is 0.480 e. The first-order chi connectivity index (χ1) is 53.7. The molecule has 0 bridgehead atoms. The number of thiol groups is 2. The second-order valence-electron chi connectivity index (χ2n) is 31.0. The second kappa shape index (κ2) is 46.0. The first-order valence-corrected chi connectivity index (χ1v) is 40.5. The number of carbonyl (C=O) groups excluding carboxylic acids is 11. The molecule has 1 aromatic heterocycles. The summed E-state index contributed by atoms with van der Waals surface area (Å²) >= 11 is 10.5. The van der Waals surface area contributed by atoms with Gasteiger partial charge in [-0.2, -0.15) is 25.3 Å². The van der Waals surface area contributed by atoms with E-state index in [0.717, 1.165) is 26.4 Å². The smallest absolute Gasteiger partial charge is 0.326 e. The lowest BCUT2D eigenvalue weighted by Crippen LogP contribution is -2.55. The van der Waals surface area contributed by atoms with E-state index < -0.39 is 178 Å². The van der Waals surface area contributed by atoms with Gasteiger partial charge in [-0.1, -0.05) is 95.3 Å². The van der Waals surface area contributed by atoms with E-state index in [4.69, 9.17) is 58.5 Å². The van der Waals surface area contributed by atoms with Crippen LogP contribution in [0, 0.1) is 35.0 Å². The molecule has 0 saturated carbocycles. The van der Waals surface area contributed by atoms with Gasteiger partial charge in [0.2, 0.25) is 35.4 Å². The predicted octanol–water partition coefficient (Wildman–Crippen LogP) is 2.91. The third-order valence-corrected chi connectivity index (χ3v) is 21.8. The number of carboxylic acids is 1. The van der Waals surface area contributed by atoms with E-state index in [1.165, 1.54) is 30.1 Å². The van der Waals surface area contributed by atoms with Gasteiger partial charge in [0.05, 0.1) is 36.2 Å². The average molecular weight is 1640 g/mol. The van der Waals surface area contributed by atoms with Crippen molar-refractivity contribution in [2.24, 2.45) is 101 Å². The molecule has 3 aromatic carbocycles. The van der Waals surface area contributed by atoms with Crippen molar-refractivity contribution in [3.05, 3.63) is 83.2 Å². The zero-order valence-electron chi connectivity index (χ0n) is 66.3. The third kappa shape index (κ3) is 31.2. The number of benzene rings is 3. The van der Waals surface area contributed by atoms with Crippen LogP contribution in [-0.2, 0) is 70.4 Å². The van der Waals surface area contributed by atoms with E-state index in [2.05, 4.69) is 59.2 Å². The zero-order chi connectivity index (χ0) is 84.7. The summed E-state index contributed by atoms with van der Waals surface area (Å²) in [5.74, 6) is -15.4. The van der Waals surface area contributed by atoms with Crippen molar-refractivity contribution < 1.29 is 67.7 Å². The predicted molar refractivity (Wildman–Crippen MR) is 449 cm³/mol. The summed E-state index contributed by atoms with van der Waals surface area (Å²) in [6.45, 7) is 10.8. The molecular formula is C79H118N18O14S3. The molecule has 1 fully saturated rings. The molecule has 4 aromatic rings. The molecule has 6 amide bonds. The number of likely N-dealkylation sites (tertiary alicyclic amines) is 1. The van der Waals surface area contributed by atoms with Gasteiger partial charge in [-0.3, -0.25) is 72.7 Å². The number of piperidine rings is 1. The standard InChI is InChI=1S/C79H118N18O14S3/c1-44(98)66(64(104)39-51(22-16-31-90-76(84)85)70(107)96-67(73(110)111)78(3,4)5)95-71(108)55(79(6,7)113)41-63(103)59-25-12-13-33-97(59)72(109)52(36-53-43-114-65-26-11-10-23-54(53)65)40-61(101)57(35-46-27-28-47-18-8-9-19-48(47)34-46)94-69(106)49(20-14-29-88-74(80)81)37-60(100)56(24-17-32-91-77(86)87)93-68(105)50(21-15-30-89-75(82)83)38-62(102)58(42-112)92-45(2)99/h8-11,18-19,23,26-28,34,43-44,49-52,55-59,66-67,98,112-113H,12-17,20-22,24-25,29-33,35-42H2,1-7H3,(H,92,99)(H,93,105)(H,94,106)(H,95,108)(H,96,107)(H,110,111)(H4,80,81,88)(H4,82,83,89)(H4,84,85,90)(H4,86,87,91)/t44-,49-,50+,51-,52-,55-,56+,57+,58+,59+,66+,67-/m1/s1. The molecule has 0 unspecified atom stereocenters. The number of fused-ring (bicyclic) bond motifs is 2. The van der Waals surface area contributed by atoms with Crippen LogP contribution in [0.5, 0.6) is 0 Å². The SMILES string of the molecule is CC(=O)N[C@@H](CS)C(=O)C[C@H](CCCN=C(N)N)C(=O)N[C@@H](CCCN=C(N)N)C(=O)C[C@@H](CCCN=C(N)N)C(=O)N[C@@H](Cc1ccc2ccccc2c1)C(=O)C[C@@H](Cc1csc2ccccc12)C(=O)N1CCCC[C@H]1C(=O)C[C@H](C(=O)N[C@H](C(=O)C[C@@H](CCCN=C(N)N)C(=O)N[C@H](C(=O)O)C(C)(C)C)[C@@H](C)O)C(C)(C)S. The van der Waals surface area contributed by atoms with Crippen LogP contribution >= 0.6 is 36.6 Å². The quantitative estimate of drug-likeness (QED) is 0.0131. The summed E-state index contributed by atoms with van der Waals surface area (Å²) in [5, 5.41) is 39.3. The van der Waals surface area contributed by atoms with Crippen molar-refractivity contribution in [2.45, 2.75) is 211 Å². The number of carbonyl (C=O) groups is 12. The molecule has 1 aliphatic rings. The summed E-state index contributed by atoms with van der Waals surface area (Å²) in [7, 11) is 0. The van der Waals surface area contributed by atoms with Crippen LogP contribution in [0.3, 0.4) is 0 Å². The van der Waals surface area contributed by atoms with Crippen molar-refractivity contribution in [2.75, 3.05) is 38.5 Å². The van der Waals surface area contributed by atoms with Gasteiger partial charge < -0.3 is 87.6 Å². The Bertz CT molecular complexity index is 4120. The van der Waals surface area contributed by atoms with Gasteiger partial charge >= 0.3 is 5.97 Å². The monoisotopic (exact) mass is 1640 g/mol. The highest BCUT2D eigenvalue weighted by Crippen LogP contribution is 2.35. The number of ketones is 5. The Hall–Kier alpha value is -9.74. The Morgan fingerprint density at radius 3 is 1.55 bits per heavy atom. The number of nitrogens with zero attached hydrogens (tertiary/aromatic N) is 5. The maximum Gasteiger partial charge on any atom is 0.326 e. The highest BCUT2D eigenvalue weighted by atomic mass is 32.1. The number of nitrogens with two attached hydrogens (primary N) is 8. The second-order valence-corrected chi connectivity index (χ2v) is 33.4. The topological polar surface area (TPSA) is 566 Å². The summed E-state index contributed by atoms with van der Waals surface area (Å²) in [6, 6.07) is 12.8. The number of aliphatic carboxylic acids is 1. The average Bonchev–Trinajstić information content (AvgIpc) is 1.24. The minimum Gasteiger partial charge on any atom is -0.480 e. The molecular weight excluding hydrogens is 1520 g/mol. The van der Waals surface area contributed by atoms with Crippen LogP contribution in [0.4, 0.5) is 0 Å². The molecule has 114 heavy (non-hydrogen) atoms. The van der Waals surface area contributed by atoms with E-state index in [0.29, 0.717) is 18.4 Å². The van der Waals surface area contributed by atoms with E-state index in [1.54, 1.807) is 34.6 Å². The molecule has 0 spiro atoms. The van der Waals surface area contributed by atoms with Crippen LogP contribution in [-0.4, -0.2) is 195 Å². The van der Waals surface area contributed by atoms with Crippen molar-refractivity contribution in [3.63, 3.8) is 0 Å². The lowest BCUT2D eigenvalue weighted by molar-refractivity contribution is -0.147. The van der Waals surface area contributed by atoms with Gasteiger partial charge in [-0.15, -0.1) is 11.3 Å². The fourth-order valence-electron chi connectivity index (χ4n) is 14.0. The van der Waals surface area contributed by atoms with Crippen molar-refractivity contribution in [3.8, 4) is 0 Å². The molecule has 1 saturated heterocycles. The Balaban J connectivity index is 1.54. The number of Topliss-reactive ketones (excluding diaryl/α,β-unsaturated/α-hetero) is 5. The van der Waals surface area contributed by atoms with Gasteiger partial charge in [-0.25, -0.2) is 4.79 Å². The van der Waals surface area contributed by atoms with Crippen LogP contribution < -0.4 is 72.5 Å². The van der Waals surface area contributed by atoms with E-state index in [1.807, 2.05) is 72.1 Å². The van der Waals surface area contributed by atoms with Crippen LogP contribution in [0.1, 0.15) is 162 Å². The summed E-state index contributed by atoms with van der Waals surface area (Å²) in [6.07, 6.45) is -2.29. The van der Waals surface area contributed by atoms with E-state index >= 15 is 24.0 Å². The molecule has 0 radical (unpaired) electrons. The maximum atomic E-state index is 16.0. The molecule has 1 aliphatic heterocycles. The van der Waals surface area contributed by atoms with Crippen molar-refractivity contribution in [1.82, 2.24) is 31.5 Å². The summed E-state index contributed by atoms with van der Waals surface area (Å²) < 4.78 is -0.401. The number of hydrogen-bond acceptors (Lipinski definition) is 20. The fourth-order valence-corrected chi connectivity index (χ4v) is 15.4. The van der Waals surface area contributed by atoms with Crippen molar-refractivity contribution in [1.29, 1.82) is 0 Å². The number of aliphatic imine (C=N–C) groups is 4. The lowest BCUT2D eigenvalue weighted by atomic mass is 9.83. The van der Waals surface area contributed by atoms with Crippen molar-refractivity contribution >= 4 is 152 Å². The van der Waals surface area contributed by atoms with Gasteiger partial charge in [0, 0.05) is 111 Å². The minimum atomic E-state index is -1.64. The molecule has 12 atom stereocenters. The highest BCUT2D eigenvalue weighted by molar-refractivity contribution is 7.81. The van der Waals surface area contributed by atoms with Crippen LogP contribution in [0.15, 0.2) is 92.1 Å². The third-order valence-electron chi connectivity index (χ3n) is 20.1. The number of guanidine groups is 4. The number of rotatable bonds is 49. The molecule has 23 N–H and O–H groups in total. The normalized spacial score (nSPS) is 15.9. The summed E-state index contributed by atoms with van der Waals surface area (Å²) in [5.41, 5.74) is 45.4. The van der Waals surface area contributed by atoms with E-state index in [9.17, 15) is 43.8 Å². The van der Waals surface area contributed by atoms with Gasteiger partial charge in [0.1, 0.15) is 12.1 Å². The highest BCUT2D eigenvalue weighted by Gasteiger charge is 2.44. The Kier molecular flexibility index (Phi) is 38.2. The fraction of sp³-hybridized carbons (Fsp3) is 0.570. The molecule has 2 heterocycles. The molecule has 0 aliphatic carbocycles. The molecule has 32 nitrogen and oxygen atoms in total. The van der Waals surface area contributed by atoms with Gasteiger partial charge in [0.25, 0.3) is 0 Å². The molecule has 35 heteroatoms. The van der Waals surface area contributed by atoms with Gasteiger partial charge in [0.15, 0.2) is 52.8 Å². The number of carboxylic acid groups (broad SMARTS) is 1. The lowest BCUT2D eigenvalue weighted by Gasteiger charge is -2.38. The zero-order valence-corrected chi connectivity index (χ0v) is 68.9. The molecule has 626 valence electrons. The summed E-state index contributed by atoms with van der Waals surface area (Å²) in [4.78, 5) is 191. The molecule has 5 rings (SSSR count). The van der Waals surface area contributed by atoms with E-state index in [-0.39, 0.29) is 139 Å². The first-order valence-electron chi connectivity index (χ1n) is 38.5. The maximum absolute atomic E-state index is 16.0.